The van der Waals surface area contributed by atoms with Gasteiger partial charge < -0.3 is 10.1 Å². The average molecular weight is 323 g/mol. The topological polar surface area (TPSA) is 81.9 Å². The minimum absolute atomic E-state index is 0.0985. The highest BCUT2D eigenvalue weighted by Crippen LogP contribution is 2.15. The Morgan fingerprint density at radius 2 is 2.17 bits per heavy atom. The predicted molar refractivity (Wildman–Crippen MR) is 88.0 cm³/mol. The third kappa shape index (κ3) is 2.85. The number of nitrogens with one attached hydrogen (secondary N) is 1. The van der Waals surface area contributed by atoms with E-state index in [1.165, 1.54) is 0 Å². The molecule has 122 valence electrons. The number of benzene rings is 1. The lowest BCUT2D eigenvalue weighted by atomic mass is 10.2. The molecule has 7 nitrogen and oxygen atoms in total. The summed E-state index contributed by atoms with van der Waals surface area (Å²) in [5.41, 5.74) is 2.84. The van der Waals surface area contributed by atoms with Crippen LogP contribution in [0.15, 0.2) is 42.6 Å². The van der Waals surface area contributed by atoms with Crippen LogP contribution in [0, 0.1) is 0 Å². The van der Waals surface area contributed by atoms with Crippen molar-refractivity contribution in [1.29, 1.82) is 0 Å². The van der Waals surface area contributed by atoms with E-state index in [-0.39, 0.29) is 12.0 Å². The summed E-state index contributed by atoms with van der Waals surface area (Å²) in [6.07, 6.45) is 3.91. The van der Waals surface area contributed by atoms with E-state index in [0.29, 0.717) is 17.8 Å². The molecule has 2 aromatic heterocycles. The van der Waals surface area contributed by atoms with Gasteiger partial charge in [-0.25, -0.2) is 4.98 Å². The Hall–Kier alpha value is -2.80. The van der Waals surface area contributed by atoms with Gasteiger partial charge in [0, 0.05) is 24.9 Å². The summed E-state index contributed by atoms with van der Waals surface area (Å²) in [7, 11) is 0. The number of rotatable bonds is 4. The van der Waals surface area contributed by atoms with Crippen LogP contribution in [0.2, 0.25) is 0 Å². The third-order valence-electron chi connectivity index (χ3n) is 4.10. The van der Waals surface area contributed by atoms with E-state index in [0.717, 1.165) is 30.7 Å². The van der Waals surface area contributed by atoms with E-state index in [9.17, 15) is 4.79 Å². The Bertz CT molecular complexity index is 853. The smallest absolute Gasteiger partial charge is 0.251 e. The first-order chi connectivity index (χ1) is 11.8. The van der Waals surface area contributed by atoms with Gasteiger partial charge in [0.2, 0.25) is 0 Å². The maximum absolute atomic E-state index is 12.2. The van der Waals surface area contributed by atoms with Gasteiger partial charge in [0.15, 0.2) is 5.65 Å². The zero-order chi connectivity index (χ0) is 16.4. The minimum atomic E-state index is -0.0985. The Morgan fingerprint density at radius 3 is 2.96 bits per heavy atom. The fourth-order valence-electron chi connectivity index (χ4n) is 2.81. The van der Waals surface area contributed by atoms with Crippen LogP contribution in [-0.2, 0) is 4.74 Å². The summed E-state index contributed by atoms with van der Waals surface area (Å²) in [4.78, 5) is 16.5. The molecule has 0 radical (unpaired) electrons. The molecule has 1 amide bonds. The van der Waals surface area contributed by atoms with Gasteiger partial charge in [0.1, 0.15) is 5.52 Å². The molecule has 1 aliphatic rings. The first-order valence-electron chi connectivity index (χ1n) is 7.98. The quantitative estimate of drug-likeness (QED) is 0.790. The molecule has 1 aliphatic heterocycles. The number of hydrogen-bond donors (Lipinski definition) is 1. The van der Waals surface area contributed by atoms with Gasteiger partial charge in [-0.05, 0) is 49.2 Å². The largest absolute Gasteiger partial charge is 0.376 e. The standard InChI is InChI=1S/C17H17N5O2/c23-17(19-11-14-3-2-10-24-14)12-5-7-13(8-6-12)22-16-15(20-21-22)4-1-9-18-16/h1,4-9,14H,2-3,10-11H2,(H,19,23). The van der Waals surface area contributed by atoms with Crippen molar-refractivity contribution >= 4 is 17.1 Å². The molecule has 1 atom stereocenters. The summed E-state index contributed by atoms with van der Waals surface area (Å²) < 4.78 is 7.16. The van der Waals surface area contributed by atoms with Crippen molar-refractivity contribution in [3.05, 3.63) is 48.2 Å². The van der Waals surface area contributed by atoms with E-state index in [2.05, 4.69) is 20.6 Å². The molecule has 1 aromatic carbocycles. The second-order valence-corrected chi connectivity index (χ2v) is 5.74. The Morgan fingerprint density at radius 1 is 1.29 bits per heavy atom. The summed E-state index contributed by atoms with van der Waals surface area (Å²) in [6, 6.07) is 10.9. The predicted octanol–water partition coefficient (Wildman–Crippen LogP) is 1.72. The molecule has 3 heterocycles. The number of pyridine rings is 1. The van der Waals surface area contributed by atoms with Crippen molar-refractivity contribution < 1.29 is 9.53 Å². The number of nitrogens with zero attached hydrogens (tertiary/aromatic N) is 4. The first kappa shape index (κ1) is 14.8. The molecule has 24 heavy (non-hydrogen) atoms. The monoisotopic (exact) mass is 323 g/mol. The van der Waals surface area contributed by atoms with Crippen molar-refractivity contribution in [3.8, 4) is 5.69 Å². The lowest BCUT2D eigenvalue weighted by molar-refractivity contribution is 0.0858. The molecule has 1 saturated heterocycles. The molecule has 0 aliphatic carbocycles. The number of carbonyl (C=O) groups excluding carboxylic acids is 1. The second-order valence-electron chi connectivity index (χ2n) is 5.74. The highest BCUT2D eigenvalue weighted by molar-refractivity contribution is 5.94. The van der Waals surface area contributed by atoms with Gasteiger partial charge in [0.25, 0.3) is 5.91 Å². The fourth-order valence-corrected chi connectivity index (χ4v) is 2.81. The van der Waals surface area contributed by atoms with Crippen molar-refractivity contribution in [1.82, 2.24) is 25.3 Å². The Balaban J connectivity index is 1.49. The van der Waals surface area contributed by atoms with E-state index in [4.69, 9.17) is 4.74 Å². The number of aromatic nitrogens is 4. The van der Waals surface area contributed by atoms with Gasteiger partial charge in [-0.3, -0.25) is 4.79 Å². The molecule has 0 bridgehead atoms. The van der Waals surface area contributed by atoms with Crippen LogP contribution in [0.5, 0.6) is 0 Å². The minimum Gasteiger partial charge on any atom is -0.376 e. The zero-order valence-electron chi connectivity index (χ0n) is 13.1. The molecule has 3 aromatic rings. The van der Waals surface area contributed by atoms with E-state index in [1.807, 2.05) is 24.3 Å². The summed E-state index contributed by atoms with van der Waals surface area (Å²) in [5, 5.41) is 11.1. The molecule has 0 spiro atoms. The number of amides is 1. The Labute approximate surface area is 138 Å². The number of carbonyl (C=O) groups is 1. The van der Waals surface area contributed by atoms with Gasteiger partial charge >= 0.3 is 0 Å². The summed E-state index contributed by atoms with van der Waals surface area (Å²) >= 11 is 0. The lowest BCUT2D eigenvalue weighted by Crippen LogP contribution is -2.31. The van der Waals surface area contributed by atoms with Gasteiger partial charge in [-0.2, -0.15) is 4.68 Å². The van der Waals surface area contributed by atoms with Crippen LogP contribution < -0.4 is 5.32 Å². The van der Waals surface area contributed by atoms with Crippen LogP contribution in [0.4, 0.5) is 0 Å². The molecular weight excluding hydrogens is 306 g/mol. The van der Waals surface area contributed by atoms with Crippen molar-refractivity contribution in [2.75, 3.05) is 13.2 Å². The van der Waals surface area contributed by atoms with Gasteiger partial charge in [-0.1, -0.05) is 5.21 Å². The Kier molecular flexibility index (Phi) is 3.92. The fraction of sp³-hybridized carbons (Fsp3) is 0.294. The summed E-state index contributed by atoms with van der Waals surface area (Å²) in [5.74, 6) is -0.0985. The van der Waals surface area contributed by atoms with Crippen molar-refractivity contribution in [3.63, 3.8) is 0 Å². The van der Waals surface area contributed by atoms with E-state index in [1.54, 1.807) is 23.0 Å². The molecule has 1 unspecified atom stereocenters. The second kappa shape index (κ2) is 6.37. The first-order valence-corrected chi connectivity index (χ1v) is 7.98. The van der Waals surface area contributed by atoms with Crippen molar-refractivity contribution in [2.24, 2.45) is 0 Å². The number of hydrogen-bond acceptors (Lipinski definition) is 5. The summed E-state index contributed by atoms with van der Waals surface area (Å²) in [6.45, 7) is 1.34. The maximum atomic E-state index is 12.2. The van der Waals surface area contributed by atoms with Crippen LogP contribution in [0.3, 0.4) is 0 Å². The average Bonchev–Trinajstić information content (AvgIpc) is 3.29. The molecule has 7 heteroatoms. The van der Waals surface area contributed by atoms with Gasteiger partial charge in [-0.15, -0.1) is 5.10 Å². The van der Waals surface area contributed by atoms with Crippen LogP contribution in [0.1, 0.15) is 23.2 Å². The third-order valence-corrected chi connectivity index (χ3v) is 4.10. The molecule has 1 fully saturated rings. The zero-order valence-corrected chi connectivity index (χ0v) is 13.1. The highest BCUT2D eigenvalue weighted by atomic mass is 16.5. The van der Waals surface area contributed by atoms with Crippen LogP contribution >= 0.6 is 0 Å². The maximum Gasteiger partial charge on any atom is 0.251 e. The number of fused-ring (bicyclic) bond motifs is 1. The van der Waals surface area contributed by atoms with E-state index >= 15 is 0 Å². The molecule has 0 saturated carbocycles. The normalized spacial score (nSPS) is 17.2. The van der Waals surface area contributed by atoms with Crippen LogP contribution in [0.25, 0.3) is 16.9 Å². The number of ether oxygens (including phenoxy) is 1. The van der Waals surface area contributed by atoms with Crippen molar-refractivity contribution in [2.45, 2.75) is 18.9 Å². The molecular formula is C17H17N5O2. The van der Waals surface area contributed by atoms with E-state index < -0.39 is 0 Å². The van der Waals surface area contributed by atoms with Gasteiger partial charge in [0.05, 0.1) is 11.8 Å². The molecule has 4 rings (SSSR count). The molecule has 1 N–H and O–H groups in total. The lowest BCUT2D eigenvalue weighted by Gasteiger charge is -2.11. The SMILES string of the molecule is O=C(NCC1CCCO1)c1ccc(-n2nnc3cccnc32)cc1. The van der Waals surface area contributed by atoms with Crippen LogP contribution in [-0.4, -0.2) is 45.1 Å². The highest BCUT2D eigenvalue weighted by Gasteiger charge is 2.16.